The first kappa shape index (κ1) is 17.2. The van der Waals surface area contributed by atoms with Crippen LogP contribution in [0.4, 0.5) is 5.69 Å². The Morgan fingerprint density at radius 1 is 1.26 bits per heavy atom. The minimum absolute atomic E-state index is 0.0120. The Morgan fingerprint density at radius 3 is 2.57 bits per heavy atom. The van der Waals surface area contributed by atoms with Crippen molar-refractivity contribution in [1.29, 1.82) is 0 Å². The molecule has 2 aromatic carbocycles. The second-order valence-electron chi connectivity index (χ2n) is 5.13. The van der Waals surface area contributed by atoms with Crippen LogP contribution in [0.15, 0.2) is 36.4 Å². The average Bonchev–Trinajstić information content (AvgIpc) is 2.50. The lowest BCUT2D eigenvalue weighted by atomic mass is 10.1. The van der Waals surface area contributed by atoms with E-state index in [1.807, 2.05) is 0 Å². The second kappa shape index (κ2) is 6.98. The fourth-order valence-electron chi connectivity index (χ4n) is 2.21. The summed E-state index contributed by atoms with van der Waals surface area (Å²) in [5.74, 6) is -0.251. The summed E-state index contributed by atoms with van der Waals surface area (Å²) in [7, 11) is 1.64. The Morgan fingerprint density at radius 2 is 1.96 bits per heavy atom. The maximum atomic E-state index is 12.5. The van der Waals surface area contributed by atoms with Gasteiger partial charge in [0.05, 0.1) is 15.0 Å². The van der Waals surface area contributed by atoms with E-state index in [9.17, 15) is 14.9 Å². The number of nitrogens with zero attached hydrogens (tertiary/aromatic N) is 2. The molecule has 0 aliphatic carbocycles. The number of nitro benzene ring substituents is 1. The van der Waals surface area contributed by atoms with Crippen molar-refractivity contribution in [2.24, 2.45) is 0 Å². The third-order valence-electron chi connectivity index (χ3n) is 3.43. The maximum Gasteiger partial charge on any atom is 0.272 e. The van der Waals surface area contributed by atoms with E-state index in [-0.39, 0.29) is 18.1 Å². The summed E-state index contributed by atoms with van der Waals surface area (Å²) in [6.07, 6.45) is 0. The molecule has 7 heteroatoms. The van der Waals surface area contributed by atoms with Gasteiger partial charge in [-0.2, -0.15) is 0 Å². The van der Waals surface area contributed by atoms with Crippen molar-refractivity contribution in [3.63, 3.8) is 0 Å². The van der Waals surface area contributed by atoms with Crippen molar-refractivity contribution in [3.8, 4) is 0 Å². The van der Waals surface area contributed by atoms with Crippen molar-refractivity contribution in [2.75, 3.05) is 7.05 Å². The van der Waals surface area contributed by atoms with Gasteiger partial charge in [0, 0.05) is 30.8 Å². The molecule has 0 aromatic heterocycles. The van der Waals surface area contributed by atoms with E-state index >= 15 is 0 Å². The summed E-state index contributed by atoms with van der Waals surface area (Å²) in [5.41, 5.74) is 1.54. The molecule has 0 spiro atoms. The third kappa shape index (κ3) is 3.81. The molecule has 0 fully saturated rings. The van der Waals surface area contributed by atoms with Crippen LogP contribution in [0, 0.1) is 17.0 Å². The number of amides is 1. The van der Waals surface area contributed by atoms with Gasteiger partial charge in [0.15, 0.2) is 0 Å². The van der Waals surface area contributed by atoms with E-state index in [0.717, 1.165) is 5.56 Å². The fraction of sp³-hybridized carbons (Fsp3) is 0.188. The number of carbonyl (C=O) groups excluding carboxylic acids is 1. The van der Waals surface area contributed by atoms with Gasteiger partial charge >= 0.3 is 0 Å². The molecule has 5 nitrogen and oxygen atoms in total. The smallest absolute Gasteiger partial charge is 0.272 e. The Bertz CT molecular complexity index is 778. The SMILES string of the molecule is Cc1cc(C(=O)N(C)Cc2cccc(Cl)c2Cl)ccc1[N+](=O)[O-]. The van der Waals surface area contributed by atoms with Gasteiger partial charge in [0.25, 0.3) is 11.6 Å². The Hall–Kier alpha value is -2.11. The molecule has 2 rings (SSSR count). The number of rotatable bonds is 4. The lowest BCUT2D eigenvalue weighted by molar-refractivity contribution is -0.385. The number of nitro groups is 1. The zero-order valence-electron chi connectivity index (χ0n) is 12.5. The van der Waals surface area contributed by atoms with Crippen molar-refractivity contribution >= 4 is 34.8 Å². The summed E-state index contributed by atoms with van der Waals surface area (Å²) in [6, 6.07) is 9.52. The number of carbonyl (C=O) groups is 1. The van der Waals surface area contributed by atoms with E-state index < -0.39 is 4.92 Å². The van der Waals surface area contributed by atoms with Crippen molar-refractivity contribution in [1.82, 2.24) is 4.90 Å². The van der Waals surface area contributed by atoms with Gasteiger partial charge in [-0.15, -0.1) is 0 Å². The summed E-state index contributed by atoms with van der Waals surface area (Å²) >= 11 is 12.1. The highest BCUT2D eigenvalue weighted by molar-refractivity contribution is 6.42. The van der Waals surface area contributed by atoms with Gasteiger partial charge in [-0.3, -0.25) is 14.9 Å². The minimum Gasteiger partial charge on any atom is -0.337 e. The molecule has 120 valence electrons. The number of halogens is 2. The Balaban J connectivity index is 2.21. The lowest BCUT2D eigenvalue weighted by Crippen LogP contribution is -2.26. The zero-order chi connectivity index (χ0) is 17.1. The van der Waals surface area contributed by atoms with E-state index in [0.29, 0.717) is 21.2 Å². The molecule has 0 radical (unpaired) electrons. The lowest BCUT2D eigenvalue weighted by Gasteiger charge is -2.18. The number of benzene rings is 2. The molecule has 0 aliphatic rings. The van der Waals surface area contributed by atoms with E-state index in [1.54, 1.807) is 32.2 Å². The molecular formula is C16H14Cl2N2O3. The summed E-state index contributed by atoms with van der Waals surface area (Å²) in [5, 5.41) is 11.7. The molecule has 0 N–H and O–H groups in total. The monoisotopic (exact) mass is 352 g/mol. The van der Waals surface area contributed by atoms with Crippen LogP contribution in [0.25, 0.3) is 0 Å². The molecule has 0 bridgehead atoms. The molecule has 23 heavy (non-hydrogen) atoms. The number of aryl methyl sites for hydroxylation is 1. The zero-order valence-corrected chi connectivity index (χ0v) is 14.1. The number of hydrogen-bond donors (Lipinski definition) is 0. The molecular weight excluding hydrogens is 339 g/mol. The van der Waals surface area contributed by atoms with Crippen molar-refractivity contribution in [2.45, 2.75) is 13.5 Å². The third-order valence-corrected chi connectivity index (χ3v) is 4.28. The molecule has 2 aromatic rings. The predicted octanol–water partition coefficient (Wildman–Crippen LogP) is 4.48. The highest BCUT2D eigenvalue weighted by Gasteiger charge is 2.17. The van der Waals surface area contributed by atoms with Crippen LogP contribution in [0.3, 0.4) is 0 Å². The maximum absolute atomic E-state index is 12.5. The Labute approximate surface area is 143 Å². The van der Waals surface area contributed by atoms with Crippen LogP contribution in [0.2, 0.25) is 10.0 Å². The summed E-state index contributed by atoms with van der Waals surface area (Å²) < 4.78 is 0. The first-order valence-electron chi connectivity index (χ1n) is 6.74. The molecule has 0 atom stereocenters. The Kier molecular flexibility index (Phi) is 5.23. The normalized spacial score (nSPS) is 10.4. The molecule has 0 saturated carbocycles. The van der Waals surface area contributed by atoms with Gasteiger partial charge in [0.2, 0.25) is 0 Å². The van der Waals surface area contributed by atoms with Crippen LogP contribution in [0.1, 0.15) is 21.5 Å². The minimum atomic E-state index is -0.473. The quantitative estimate of drug-likeness (QED) is 0.601. The van der Waals surface area contributed by atoms with Crippen LogP contribution in [-0.2, 0) is 6.54 Å². The highest BCUT2D eigenvalue weighted by Crippen LogP contribution is 2.27. The first-order chi connectivity index (χ1) is 10.8. The van der Waals surface area contributed by atoms with E-state index in [4.69, 9.17) is 23.2 Å². The van der Waals surface area contributed by atoms with Gasteiger partial charge in [-0.05, 0) is 30.7 Å². The number of hydrogen-bond acceptors (Lipinski definition) is 3. The second-order valence-corrected chi connectivity index (χ2v) is 5.92. The van der Waals surface area contributed by atoms with Crippen LogP contribution < -0.4 is 0 Å². The standard InChI is InChI=1S/C16H14Cl2N2O3/c1-10-8-11(6-7-14(10)20(22)23)16(21)19(2)9-12-4-3-5-13(17)15(12)18/h3-8H,9H2,1-2H3. The van der Waals surface area contributed by atoms with Crippen LogP contribution >= 0.6 is 23.2 Å². The average molecular weight is 353 g/mol. The van der Waals surface area contributed by atoms with Gasteiger partial charge in [0.1, 0.15) is 0 Å². The molecule has 0 unspecified atom stereocenters. The molecule has 1 amide bonds. The molecule has 0 aliphatic heterocycles. The largest absolute Gasteiger partial charge is 0.337 e. The first-order valence-corrected chi connectivity index (χ1v) is 7.50. The van der Waals surface area contributed by atoms with Crippen molar-refractivity contribution in [3.05, 3.63) is 73.2 Å². The highest BCUT2D eigenvalue weighted by atomic mass is 35.5. The predicted molar refractivity (Wildman–Crippen MR) is 90.1 cm³/mol. The van der Waals surface area contributed by atoms with Crippen LogP contribution in [-0.4, -0.2) is 22.8 Å². The van der Waals surface area contributed by atoms with Crippen LogP contribution in [0.5, 0.6) is 0 Å². The van der Waals surface area contributed by atoms with E-state index in [2.05, 4.69) is 0 Å². The molecule has 0 heterocycles. The van der Waals surface area contributed by atoms with Gasteiger partial charge in [-0.1, -0.05) is 35.3 Å². The van der Waals surface area contributed by atoms with Gasteiger partial charge < -0.3 is 4.90 Å². The van der Waals surface area contributed by atoms with Crippen molar-refractivity contribution < 1.29 is 9.72 Å². The summed E-state index contributed by atoms with van der Waals surface area (Å²) in [4.78, 5) is 24.3. The topological polar surface area (TPSA) is 63.5 Å². The fourth-order valence-corrected chi connectivity index (χ4v) is 2.59. The van der Waals surface area contributed by atoms with Gasteiger partial charge in [-0.25, -0.2) is 0 Å². The summed E-state index contributed by atoms with van der Waals surface area (Å²) in [6.45, 7) is 1.89. The van der Waals surface area contributed by atoms with E-state index in [1.165, 1.54) is 23.1 Å². The molecule has 0 saturated heterocycles.